The van der Waals surface area contributed by atoms with Gasteiger partial charge < -0.3 is 5.32 Å². The Morgan fingerprint density at radius 3 is 2.32 bits per heavy atom. The van der Waals surface area contributed by atoms with Gasteiger partial charge in [-0.05, 0) is 36.2 Å². The van der Waals surface area contributed by atoms with Gasteiger partial charge in [-0.2, -0.15) is 0 Å². The number of hydrogen-bond donors (Lipinski definition) is 1. The van der Waals surface area contributed by atoms with Gasteiger partial charge in [-0.25, -0.2) is 0 Å². The predicted octanol–water partition coefficient (Wildman–Crippen LogP) is 4.14. The normalized spacial score (nSPS) is 11.9. The molecule has 1 radical (unpaired) electrons. The Balaban J connectivity index is 2.11. The van der Waals surface area contributed by atoms with E-state index in [1.807, 2.05) is 42.5 Å². The molecule has 2 aromatic rings. The Kier molecular flexibility index (Phi) is 4.74. The third kappa shape index (κ3) is 3.67. The molecule has 2 nitrogen and oxygen atoms in total. The van der Waals surface area contributed by atoms with Crippen molar-refractivity contribution in [2.45, 2.75) is 12.5 Å². The summed E-state index contributed by atoms with van der Waals surface area (Å²) >= 11 is 3.40. The van der Waals surface area contributed by atoms with Crippen molar-refractivity contribution < 1.29 is 4.79 Å². The van der Waals surface area contributed by atoms with Crippen LogP contribution in [0.5, 0.6) is 0 Å². The number of rotatable bonds is 4. The number of halogens is 1. The summed E-state index contributed by atoms with van der Waals surface area (Å²) in [6, 6.07) is 17.1. The third-order valence-electron chi connectivity index (χ3n) is 2.90. The molecule has 0 saturated heterocycles. The van der Waals surface area contributed by atoms with Gasteiger partial charge in [0.2, 0.25) is 0 Å². The number of benzene rings is 2. The molecule has 3 heteroatoms. The van der Waals surface area contributed by atoms with Crippen molar-refractivity contribution in [1.29, 1.82) is 0 Å². The summed E-state index contributed by atoms with van der Waals surface area (Å²) < 4.78 is 1.02. The van der Waals surface area contributed by atoms with Gasteiger partial charge in [0.05, 0.1) is 6.04 Å². The summed E-state index contributed by atoms with van der Waals surface area (Å²) in [6.07, 6.45) is 0.611. The first-order valence-electron chi connectivity index (χ1n) is 6.11. The van der Waals surface area contributed by atoms with E-state index >= 15 is 0 Å². The quantitative estimate of drug-likeness (QED) is 0.902. The molecule has 0 aliphatic carbocycles. The fraction of sp³-hybridized carbons (Fsp3) is 0.125. The summed E-state index contributed by atoms with van der Waals surface area (Å²) in [4.78, 5) is 12.1. The van der Waals surface area contributed by atoms with Gasteiger partial charge in [0.1, 0.15) is 0 Å². The van der Waals surface area contributed by atoms with Gasteiger partial charge in [-0.15, -0.1) is 0 Å². The van der Waals surface area contributed by atoms with E-state index in [2.05, 4.69) is 28.2 Å². The second-order valence-corrected chi connectivity index (χ2v) is 5.15. The Morgan fingerprint density at radius 1 is 1.11 bits per heavy atom. The fourth-order valence-electron chi connectivity index (χ4n) is 1.85. The molecule has 2 aromatic carbocycles. The molecule has 0 aliphatic rings. The van der Waals surface area contributed by atoms with Crippen LogP contribution >= 0.6 is 15.9 Å². The molecule has 0 bridgehead atoms. The van der Waals surface area contributed by atoms with Gasteiger partial charge in [0.15, 0.2) is 0 Å². The van der Waals surface area contributed by atoms with Crippen molar-refractivity contribution in [3.63, 3.8) is 0 Å². The van der Waals surface area contributed by atoms with E-state index in [1.165, 1.54) is 0 Å². The highest BCUT2D eigenvalue weighted by Crippen LogP contribution is 2.19. The summed E-state index contributed by atoms with van der Waals surface area (Å²) in [5, 5.41) is 3.00. The van der Waals surface area contributed by atoms with Gasteiger partial charge in [-0.3, -0.25) is 4.79 Å². The Morgan fingerprint density at radius 2 is 1.74 bits per heavy atom. The zero-order valence-corrected chi connectivity index (χ0v) is 12.1. The lowest BCUT2D eigenvalue weighted by Crippen LogP contribution is -2.28. The van der Waals surface area contributed by atoms with E-state index in [0.717, 1.165) is 10.0 Å². The molecule has 0 aliphatic heterocycles. The van der Waals surface area contributed by atoms with Crippen molar-refractivity contribution in [3.05, 3.63) is 77.1 Å². The van der Waals surface area contributed by atoms with E-state index < -0.39 is 0 Å². The summed E-state index contributed by atoms with van der Waals surface area (Å²) in [5.41, 5.74) is 1.72. The SMILES string of the molecule is [CH2]CC(NC(=O)c1ccccc1)c1ccc(Br)cc1. The van der Waals surface area contributed by atoms with E-state index in [0.29, 0.717) is 12.0 Å². The Hall–Kier alpha value is -1.61. The zero-order chi connectivity index (χ0) is 13.7. The minimum Gasteiger partial charge on any atom is -0.345 e. The Bertz CT molecular complexity index is 536. The molecule has 1 atom stereocenters. The van der Waals surface area contributed by atoms with Crippen LogP contribution in [0.3, 0.4) is 0 Å². The van der Waals surface area contributed by atoms with E-state index in [-0.39, 0.29) is 11.9 Å². The summed E-state index contributed by atoms with van der Waals surface area (Å²) in [6.45, 7) is 3.91. The van der Waals surface area contributed by atoms with Gasteiger partial charge >= 0.3 is 0 Å². The van der Waals surface area contributed by atoms with E-state index in [9.17, 15) is 4.79 Å². The molecule has 0 heterocycles. The standard InChI is InChI=1S/C16H15BrNO/c1-2-15(12-8-10-14(17)11-9-12)18-16(19)13-6-4-3-5-7-13/h3-11,15H,1-2H2,(H,18,19). The highest BCUT2D eigenvalue weighted by Gasteiger charge is 2.13. The topological polar surface area (TPSA) is 29.1 Å². The Labute approximate surface area is 122 Å². The molecule has 1 amide bonds. The molecular formula is C16H15BrNO. The number of carbonyl (C=O) groups is 1. The van der Waals surface area contributed by atoms with Crippen molar-refractivity contribution >= 4 is 21.8 Å². The lowest BCUT2D eigenvalue weighted by molar-refractivity contribution is 0.0937. The smallest absolute Gasteiger partial charge is 0.251 e. The molecule has 1 unspecified atom stereocenters. The average molecular weight is 317 g/mol. The molecule has 97 valence electrons. The lowest BCUT2D eigenvalue weighted by atomic mass is 10.0. The number of amides is 1. The van der Waals surface area contributed by atoms with Crippen LogP contribution in [0.2, 0.25) is 0 Å². The maximum absolute atomic E-state index is 12.1. The first kappa shape index (κ1) is 13.8. The average Bonchev–Trinajstić information content (AvgIpc) is 2.46. The van der Waals surface area contributed by atoms with E-state index in [1.54, 1.807) is 12.1 Å². The highest BCUT2D eigenvalue weighted by molar-refractivity contribution is 9.10. The van der Waals surface area contributed by atoms with Gasteiger partial charge in [-0.1, -0.05) is 53.2 Å². The first-order valence-corrected chi connectivity index (χ1v) is 6.90. The second-order valence-electron chi connectivity index (χ2n) is 4.23. The highest BCUT2D eigenvalue weighted by atomic mass is 79.9. The van der Waals surface area contributed by atoms with Crippen molar-refractivity contribution in [1.82, 2.24) is 5.32 Å². The van der Waals surface area contributed by atoms with Gasteiger partial charge in [0.25, 0.3) is 5.91 Å². The number of carbonyl (C=O) groups excluding carboxylic acids is 1. The van der Waals surface area contributed by atoms with Crippen LogP contribution in [0.4, 0.5) is 0 Å². The lowest BCUT2D eigenvalue weighted by Gasteiger charge is -2.17. The molecular weight excluding hydrogens is 302 g/mol. The third-order valence-corrected chi connectivity index (χ3v) is 3.43. The van der Waals surface area contributed by atoms with Crippen LogP contribution in [-0.4, -0.2) is 5.91 Å². The van der Waals surface area contributed by atoms with Crippen LogP contribution in [0, 0.1) is 6.92 Å². The molecule has 2 rings (SSSR count). The largest absolute Gasteiger partial charge is 0.345 e. The second kappa shape index (κ2) is 6.53. The van der Waals surface area contributed by atoms with Crippen molar-refractivity contribution in [2.24, 2.45) is 0 Å². The molecule has 19 heavy (non-hydrogen) atoms. The predicted molar refractivity (Wildman–Crippen MR) is 80.8 cm³/mol. The fourth-order valence-corrected chi connectivity index (χ4v) is 2.11. The summed E-state index contributed by atoms with van der Waals surface area (Å²) in [5.74, 6) is -0.0721. The molecule has 0 fully saturated rings. The van der Waals surface area contributed by atoms with Crippen LogP contribution in [0.25, 0.3) is 0 Å². The van der Waals surface area contributed by atoms with Crippen LogP contribution in [0.1, 0.15) is 28.4 Å². The maximum Gasteiger partial charge on any atom is 0.251 e. The molecule has 0 spiro atoms. The van der Waals surface area contributed by atoms with Crippen LogP contribution in [0.15, 0.2) is 59.1 Å². The molecule has 0 aromatic heterocycles. The minimum absolute atomic E-state index is 0.0687. The first-order chi connectivity index (χ1) is 9.20. The summed E-state index contributed by atoms with van der Waals surface area (Å²) in [7, 11) is 0. The maximum atomic E-state index is 12.1. The van der Waals surface area contributed by atoms with Crippen LogP contribution < -0.4 is 5.32 Å². The number of nitrogens with one attached hydrogen (secondary N) is 1. The van der Waals surface area contributed by atoms with Crippen molar-refractivity contribution in [3.8, 4) is 0 Å². The molecule has 0 saturated carbocycles. The number of hydrogen-bond acceptors (Lipinski definition) is 1. The van der Waals surface area contributed by atoms with E-state index in [4.69, 9.17) is 0 Å². The molecule has 1 N–H and O–H groups in total. The van der Waals surface area contributed by atoms with Gasteiger partial charge in [0, 0.05) is 10.0 Å². The minimum atomic E-state index is -0.0721. The zero-order valence-electron chi connectivity index (χ0n) is 10.5. The monoisotopic (exact) mass is 316 g/mol. The van der Waals surface area contributed by atoms with Crippen molar-refractivity contribution in [2.75, 3.05) is 0 Å². The van der Waals surface area contributed by atoms with Crippen LogP contribution in [-0.2, 0) is 0 Å².